The fourth-order valence-electron chi connectivity index (χ4n) is 1.71. The maximum absolute atomic E-state index is 11.8. The van der Waals surface area contributed by atoms with Gasteiger partial charge in [0.05, 0.1) is 16.6 Å². The number of hydrogen-bond acceptors (Lipinski definition) is 5. The first-order chi connectivity index (χ1) is 10.0. The van der Waals surface area contributed by atoms with Gasteiger partial charge in [-0.05, 0) is 53.5 Å². The van der Waals surface area contributed by atoms with Crippen LogP contribution in [0, 0.1) is 6.92 Å². The molecule has 6 heteroatoms. The molecule has 5 nitrogen and oxygen atoms in total. The highest BCUT2D eigenvalue weighted by Crippen LogP contribution is 2.33. The monoisotopic (exact) mass is 350 g/mol. The van der Waals surface area contributed by atoms with Gasteiger partial charge in [0.1, 0.15) is 11.4 Å². The van der Waals surface area contributed by atoms with E-state index >= 15 is 0 Å². The summed E-state index contributed by atoms with van der Waals surface area (Å²) in [6, 6.07) is 7.13. The smallest absolute Gasteiger partial charge is 0.340 e. The lowest BCUT2D eigenvalue weighted by Gasteiger charge is -2.11. The minimum atomic E-state index is -0.495. The molecule has 0 aliphatic rings. The first-order valence-corrected chi connectivity index (χ1v) is 7.17. The number of nitrogens with two attached hydrogens (primary N) is 1. The van der Waals surface area contributed by atoms with Crippen molar-refractivity contribution in [2.75, 3.05) is 12.3 Å². The zero-order chi connectivity index (χ0) is 15.4. The van der Waals surface area contributed by atoms with Gasteiger partial charge in [-0.15, -0.1) is 0 Å². The number of aryl methyl sites for hydroxylation is 1. The molecule has 0 amide bonds. The maximum atomic E-state index is 11.8. The number of hydrogen-bond donors (Lipinski definition) is 1. The maximum Gasteiger partial charge on any atom is 0.340 e. The number of benzene rings is 1. The SMILES string of the molecule is CCOC(=O)c1ccnc(Oc2ccc(C)cc2Br)c1N. The van der Waals surface area contributed by atoms with Crippen LogP contribution in [0.25, 0.3) is 0 Å². The summed E-state index contributed by atoms with van der Waals surface area (Å²) in [6.45, 7) is 3.99. The minimum Gasteiger partial charge on any atom is -0.462 e. The summed E-state index contributed by atoms with van der Waals surface area (Å²) >= 11 is 3.42. The van der Waals surface area contributed by atoms with Gasteiger partial charge in [-0.2, -0.15) is 0 Å². The van der Waals surface area contributed by atoms with Crippen molar-refractivity contribution < 1.29 is 14.3 Å². The summed E-state index contributed by atoms with van der Waals surface area (Å²) < 4.78 is 11.4. The normalized spacial score (nSPS) is 10.2. The predicted octanol–water partition coefficient (Wildman–Crippen LogP) is 3.70. The summed E-state index contributed by atoms with van der Waals surface area (Å²) in [5.74, 6) is 0.246. The van der Waals surface area contributed by atoms with Crippen LogP contribution in [0.5, 0.6) is 11.6 Å². The molecule has 1 aromatic carbocycles. The average Bonchev–Trinajstić information content (AvgIpc) is 2.44. The number of carbonyl (C=O) groups is 1. The van der Waals surface area contributed by atoms with Crippen LogP contribution in [0.3, 0.4) is 0 Å². The van der Waals surface area contributed by atoms with Crippen LogP contribution in [0.1, 0.15) is 22.8 Å². The Hall–Kier alpha value is -2.08. The molecule has 0 unspecified atom stereocenters. The van der Waals surface area contributed by atoms with Gasteiger partial charge >= 0.3 is 5.97 Å². The van der Waals surface area contributed by atoms with Crippen molar-refractivity contribution in [2.45, 2.75) is 13.8 Å². The second kappa shape index (κ2) is 6.58. The second-order valence-electron chi connectivity index (χ2n) is 4.33. The van der Waals surface area contributed by atoms with Crippen molar-refractivity contribution in [1.29, 1.82) is 0 Å². The third-order valence-corrected chi connectivity index (χ3v) is 3.36. The van der Waals surface area contributed by atoms with E-state index < -0.39 is 5.97 Å². The topological polar surface area (TPSA) is 74.4 Å². The van der Waals surface area contributed by atoms with Crippen LogP contribution in [0.2, 0.25) is 0 Å². The van der Waals surface area contributed by atoms with Gasteiger partial charge < -0.3 is 15.2 Å². The van der Waals surface area contributed by atoms with E-state index in [9.17, 15) is 4.79 Å². The molecule has 1 heterocycles. The molecule has 0 saturated carbocycles. The summed E-state index contributed by atoms with van der Waals surface area (Å²) in [5.41, 5.74) is 7.43. The molecular formula is C15H15BrN2O3. The molecule has 2 N–H and O–H groups in total. The Balaban J connectivity index is 2.32. The Morgan fingerprint density at radius 3 is 2.81 bits per heavy atom. The molecule has 2 rings (SSSR count). The van der Waals surface area contributed by atoms with Crippen molar-refractivity contribution >= 4 is 27.6 Å². The third kappa shape index (κ3) is 3.52. The molecule has 110 valence electrons. The zero-order valence-electron chi connectivity index (χ0n) is 11.7. The number of rotatable bonds is 4. The number of nitrogens with zero attached hydrogens (tertiary/aromatic N) is 1. The van der Waals surface area contributed by atoms with Crippen LogP contribution in [0.4, 0.5) is 5.69 Å². The Kier molecular flexibility index (Phi) is 4.80. The molecule has 0 aliphatic heterocycles. The Bertz CT molecular complexity index is 674. The number of pyridine rings is 1. The zero-order valence-corrected chi connectivity index (χ0v) is 13.3. The highest BCUT2D eigenvalue weighted by molar-refractivity contribution is 9.10. The van der Waals surface area contributed by atoms with Gasteiger partial charge in [-0.1, -0.05) is 6.07 Å². The number of esters is 1. The van der Waals surface area contributed by atoms with E-state index in [-0.39, 0.29) is 23.7 Å². The largest absolute Gasteiger partial charge is 0.462 e. The fourth-order valence-corrected chi connectivity index (χ4v) is 2.29. The van der Waals surface area contributed by atoms with Gasteiger partial charge in [-0.3, -0.25) is 0 Å². The Morgan fingerprint density at radius 1 is 1.38 bits per heavy atom. The van der Waals surface area contributed by atoms with Crippen LogP contribution in [-0.2, 0) is 4.74 Å². The molecule has 2 aromatic rings. The van der Waals surface area contributed by atoms with E-state index in [0.29, 0.717) is 5.75 Å². The van der Waals surface area contributed by atoms with Crippen LogP contribution in [0.15, 0.2) is 34.9 Å². The summed E-state index contributed by atoms with van der Waals surface area (Å²) in [4.78, 5) is 15.9. The number of nitrogen functional groups attached to an aromatic ring is 1. The summed E-state index contributed by atoms with van der Waals surface area (Å²) in [6.07, 6.45) is 1.46. The quantitative estimate of drug-likeness (QED) is 0.850. The molecule has 0 bridgehead atoms. The standard InChI is InChI=1S/C15H15BrN2O3/c1-3-20-15(19)10-6-7-18-14(13(10)17)21-12-5-4-9(2)8-11(12)16/h4-8H,3,17H2,1-2H3. The Labute approximate surface area is 131 Å². The predicted molar refractivity (Wildman–Crippen MR) is 83.6 cm³/mol. The fraction of sp³-hybridized carbons (Fsp3) is 0.200. The first-order valence-electron chi connectivity index (χ1n) is 6.38. The van der Waals surface area contributed by atoms with E-state index in [2.05, 4.69) is 20.9 Å². The van der Waals surface area contributed by atoms with Crippen molar-refractivity contribution in [2.24, 2.45) is 0 Å². The van der Waals surface area contributed by atoms with Gasteiger partial charge in [-0.25, -0.2) is 9.78 Å². The number of halogens is 1. The van der Waals surface area contributed by atoms with E-state index in [1.165, 1.54) is 12.3 Å². The van der Waals surface area contributed by atoms with Crippen molar-refractivity contribution in [3.8, 4) is 11.6 Å². The van der Waals surface area contributed by atoms with Crippen LogP contribution >= 0.6 is 15.9 Å². The highest BCUT2D eigenvalue weighted by atomic mass is 79.9. The van der Waals surface area contributed by atoms with Gasteiger partial charge in [0.2, 0.25) is 5.88 Å². The third-order valence-electron chi connectivity index (χ3n) is 2.74. The molecule has 0 aliphatic carbocycles. The number of ether oxygens (including phenoxy) is 2. The first kappa shape index (κ1) is 15.3. The molecule has 0 fully saturated rings. The molecule has 0 radical (unpaired) electrons. The van der Waals surface area contributed by atoms with Gasteiger partial charge in [0.25, 0.3) is 0 Å². The van der Waals surface area contributed by atoms with E-state index in [1.807, 2.05) is 19.1 Å². The van der Waals surface area contributed by atoms with Crippen LogP contribution in [-0.4, -0.2) is 17.6 Å². The van der Waals surface area contributed by atoms with Crippen molar-refractivity contribution in [3.63, 3.8) is 0 Å². The molecule has 0 spiro atoms. The minimum absolute atomic E-state index is 0.156. The number of aromatic nitrogens is 1. The second-order valence-corrected chi connectivity index (χ2v) is 5.19. The number of carbonyl (C=O) groups excluding carboxylic acids is 1. The summed E-state index contributed by atoms with van der Waals surface area (Å²) in [5, 5.41) is 0. The van der Waals surface area contributed by atoms with Gasteiger partial charge in [0.15, 0.2) is 0 Å². The average molecular weight is 351 g/mol. The molecule has 0 saturated heterocycles. The molecule has 0 atom stereocenters. The van der Waals surface area contributed by atoms with E-state index in [4.69, 9.17) is 15.2 Å². The molecule has 1 aromatic heterocycles. The van der Waals surface area contributed by atoms with Crippen LogP contribution < -0.4 is 10.5 Å². The van der Waals surface area contributed by atoms with Gasteiger partial charge in [0, 0.05) is 6.20 Å². The highest BCUT2D eigenvalue weighted by Gasteiger charge is 2.16. The van der Waals surface area contributed by atoms with E-state index in [1.54, 1.807) is 13.0 Å². The molecule has 21 heavy (non-hydrogen) atoms. The Morgan fingerprint density at radius 2 is 2.14 bits per heavy atom. The van der Waals surface area contributed by atoms with Crippen molar-refractivity contribution in [3.05, 3.63) is 46.1 Å². The summed E-state index contributed by atoms with van der Waals surface area (Å²) in [7, 11) is 0. The lowest BCUT2D eigenvalue weighted by molar-refractivity contribution is 0.0527. The lowest BCUT2D eigenvalue weighted by atomic mass is 10.2. The number of anilines is 1. The van der Waals surface area contributed by atoms with E-state index in [0.717, 1.165) is 10.0 Å². The lowest BCUT2D eigenvalue weighted by Crippen LogP contribution is -2.09. The van der Waals surface area contributed by atoms with Crippen molar-refractivity contribution in [1.82, 2.24) is 4.98 Å². The molecular weight excluding hydrogens is 336 g/mol.